The molecule has 0 aromatic heterocycles. The first kappa shape index (κ1) is 16.7. The van der Waals surface area contributed by atoms with Crippen molar-refractivity contribution in [2.45, 2.75) is 24.3 Å². The molecule has 118 valence electrons. The van der Waals surface area contributed by atoms with E-state index in [0.29, 0.717) is 37.2 Å². The molecule has 0 saturated carbocycles. The third-order valence-corrected chi connectivity index (χ3v) is 5.38. The minimum Gasteiger partial charge on any atom is -0.381 e. The van der Waals surface area contributed by atoms with Gasteiger partial charge in [-0.05, 0) is 43.5 Å². The molecule has 0 amide bonds. The molecule has 1 aromatic carbocycles. The third-order valence-electron chi connectivity index (χ3n) is 3.60. The quantitative estimate of drug-likeness (QED) is 0.833. The maximum Gasteiger partial charge on any atom is 0.240 e. The van der Waals surface area contributed by atoms with Crippen molar-refractivity contribution in [2.24, 2.45) is 5.92 Å². The smallest absolute Gasteiger partial charge is 0.240 e. The molecule has 2 N–H and O–H groups in total. The second kappa shape index (κ2) is 7.56. The number of rotatable bonds is 6. The molecule has 1 aromatic rings. The summed E-state index contributed by atoms with van der Waals surface area (Å²) in [4.78, 5) is 0.208. The van der Waals surface area contributed by atoms with Crippen LogP contribution in [0.25, 0.3) is 0 Å². The number of sulfonamides is 1. The fourth-order valence-electron chi connectivity index (χ4n) is 2.29. The van der Waals surface area contributed by atoms with Gasteiger partial charge in [0.05, 0.1) is 4.90 Å². The topological polar surface area (TPSA) is 67.4 Å². The lowest BCUT2D eigenvalue weighted by molar-refractivity contribution is 0.0678. The zero-order valence-corrected chi connectivity index (χ0v) is 13.6. The van der Waals surface area contributed by atoms with Crippen LogP contribution < -0.4 is 10.0 Å². The van der Waals surface area contributed by atoms with E-state index in [0.717, 1.165) is 18.4 Å². The van der Waals surface area contributed by atoms with E-state index in [1.807, 2.05) is 7.05 Å². The predicted octanol–water partition coefficient (Wildman–Crippen LogP) is 1.76. The van der Waals surface area contributed by atoms with Crippen molar-refractivity contribution in [1.82, 2.24) is 10.0 Å². The molecule has 21 heavy (non-hydrogen) atoms. The van der Waals surface area contributed by atoms with Gasteiger partial charge in [0.25, 0.3) is 0 Å². The summed E-state index contributed by atoms with van der Waals surface area (Å²) in [6, 6.07) is 4.83. The highest BCUT2D eigenvalue weighted by Gasteiger charge is 2.19. The first-order valence-electron chi connectivity index (χ1n) is 7.03. The molecule has 2 rings (SSSR count). The zero-order chi connectivity index (χ0) is 15.3. The van der Waals surface area contributed by atoms with Gasteiger partial charge in [-0.25, -0.2) is 13.1 Å². The minimum absolute atomic E-state index is 0.208. The van der Waals surface area contributed by atoms with Gasteiger partial charge >= 0.3 is 0 Å². The van der Waals surface area contributed by atoms with Crippen LogP contribution in [0, 0.1) is 5.92 Å². The summed E-state index contributed by atoms with van der Waals surface area (Å²) in [5, 5.41) is 3.45. The maximum atomic E-state index is 12.3. The van der Waals surface area contributed by atoms with Gasteiger partial charge in [-0.3, -0.25) is 0 Å². The number of halogens is 1. The maximum absolute atomic E-state index is 12.3. The van der Waals surface area contributed by atoms with Crippen LogP contribution >= 0.6 is 11.6 Å². The van der Waals surface area contributed by atoms with Gasteiger partial charge in [-0.1, -0.05) is 17.7 Å². The summed E-state index contributed by atoms with van der Waals surface area (Å²) in [6.07, 6.45) is 1.79. The molecule has 0 atom stereocenters. The van der Waals surface area contributed by atoms with Crippen molar-refractivity contribution in [3.8, 4) is 0 Å². The Morgan fingerprint density at radius 1 is 1.33 bits per heavy atom. The molecule has 1 heterocycles. The van der Waals surface area contributed by atoms with Crippen molar-refractivity contribution >= 4 is 21.6 Å². The number of ether oxygens (including phenoxy) is 1. The molecular formula is C14H21ClN2O3S. The van der Waals surface area contributed by atoms with Crippen LogP contribution in [0.3, 0.4) is 0 Å². The highest BCUT2D eigenvalue weighted by Crippen LogP contribution is 2.21. The standard InChI is InChI=1S/C14H21ClN2O3S/c1-16-10-12-2-3-13(8-14(12)15)21(18,19)17-9-11-4-6-20-7-5-11/h2-3,8,11,16-17H,4-7,9-10H2,1H3. The zero-order valence-electron chi connectivity index (χ0n) is 12.1. The fraction of sp³-hybridized carbons (Fsp3) is 0.571. The molecule has 0 radical (unpaired) electrons. The summed E-state index contributed by atoms with van der Waals surface area (Å²) in [5.41, 5.74) is 0.877. The van der Waals surface area contributed by atoms with Crippen LogP contribution in [0.15, 0.2) is 23.1 Å². The van der Waals surface area contributed by atoms with Crippen LogP contribution in [0.1, 0.15) is 18.4 Å². The number of benzene rings is 1. The Morgan fingerprint density at radius 3 is 2.67 bits per heavy atom. The van der Waals surface area contributed by atoms with Gasteiger partial charge in [0.15, 0.2) is 0 Å². The van der Waals surface area contributed by atoms with E-state index in [2.05, 4.69) is 10.0 Å². The summed E-state index contributed by atoms with van der Waals surface area (Å²) < 4.78 is 32.5. The van der Waals surface area contributed by atoms with Gasteiger partial charge in [0.2, 0.25) is 10.0 Å². The average Bonchev–Trinajstić information content (AvgIpc) is 2.48. The lowest BCUT2D eigenvalue weighted by Gasteiger charge is -2.22. The van der Waals surface area contributed by atoms with E-state index in [9.17, 15) is 8.42 Å². The molecule has 0 spiro atoms. The number of hydrogen-bond donors (Lipinski definition) is 2. The SMILES string of the molecule is CNCc1ccc(S(=O)(=O)NCC2CCOCC2)cc1Cl. The molecular weight excluding hydrogens is 312 g/mol. The van der Waals surface area contributed by atoms with Crippen molar-refractivity contribution in [3.63, 3.8) is 0 Å². The molecule has 0 unspecified atom stereocenters. The Balaban J connectivity index is 2.03. The lowest BCUT2D eigenvalue weighted by atomic mass is 10.0. The van der Waals surface area contributed by atoms with E-state index in [4.69, 9.17) is 16.3 Å². The van der Waals surface area contributed by atoms with E-state index in [-0.39, 0.29) is 4.90 Å². The molecule has 7 heteroatoms. The van der Waals surface area contributed by atoms with Gasteiger partial charge in [0, 0.05) is 31.3 Å². The molecule has 0 bridgehead atoms. The van der Waals surface area contributed by atoms with E-state index in [1.54, 1.807) is 12.1 Å². The summed E-state index contributed by atoms with van der Waals surface area (Å²) in [6.45, 7) is 2.46. The van der Waals surface area contributed by atoms with Crippen molar-refractivity contribution in [1.29, 1.82) is 0 Å². The third kappa shape index (κ3) is 4.66. The highest BCUT2D eigenvalue weighted by molar-refractivity contribution is 7.89. The van der Waals surface area contributed by atoms with Crippen LogP contribution in [0.2, 0.25) is 5.02 Å². The van der Waals surface area contributed by atoms with E-state index < -0.39 is 10.0 Å². The van der Waals surface area contributed by atoms with E-state index in [1.165, 1.54) is 6.07 Å². The van der Waals surface area contributed by atoms with Crippen LogP contribution in [0.4, 0.5) is 0 Å². The van der Waals surface area contributed by atoms with Gasteiger partial charge in [-0.2, -0.15) is 0 Å². The Hall–Kier alpha value is -0.660. The molecule has 0 aliphatic carbocycles. The van der Waals surface area contributed by atoms with Gasteiger partial charge in [-0.15, -0.1) is 0 Å². The Bertz CT molecular complexity index is 572. The molecule has 1 aliphatic heterocycles. The summed E-state index contributed by atoms with van der Waals surface area (Å²) in [7, 11) is -1.69. The summed E-state index contributed by atoms with van der Waals surface area (Å²) in [5.74, 6) is 0.340. The second-order valence-electron chi connectivity index (χ2n) is 5.19. The monoisotopic (exact) mass is 332 g/mol. The highest BCUT2D eigenvalue weighted by atomic mass is 35.5. The number of hydrogen-bond acceptors (Lipinski definition) is 4. The Morgan fingerprint density at radius 2 is 2.05 bits per heavy atom. The van der Waals surface area contributed by atoms with Crippen LogP contribution in [-0.4, -0.2) is 35.2 Å². The lowest BCUT2D eigenvalue weighted by Crippen LogP contribution is -2.32. The minimum atomic E-state index is -3.51. The normalized spacial score (nSPS) is 17.0. The molecule has 1 aliphatic rings. The van der Waals surface area contributed by atoms with Crippen LogP contribution in [-0.2, 0) is 21.3 Å². The first-order chi connectivity index (χ1) is 10.0. The van der Waals surface area contributed by atoms with Crippen LogP contribution in [0.5, 0.6) is 0 Å². The average molecular weight is 333 g/mol. The van der Waals surface area contributed by atoms with Crippen molar-refractivity contribution in [3.05, 3.63) is 28.8 Å². The molecule has 1 saturated heterocycles. The Kier molecular flexibility index (Phi) is 6.01. The van der Waals surface area contributed by atoms with Gasteiger partial charge in [0.1, 0.15) is 0 Å². The van der Waals surface area contributed by atoms with E-state index >= 15 is 0 Å². The van der Waals surface area contributed by atoms with Gasteiger partial charge < -0.3 is 10.1 Å². The van der Waals surface area contributed by atoms with Crippen molar-refractivity contribution in [2.75, 3.05) is 26.8 Å². The molecule has 1 fully saturated rings. The number of nitrogens with one attached hydrogen (secondary N) is 2. The predicted molar refractivity (Wildman–Crippen MR) is 82.9 cm³/mol. The second-order valence-corrected chi connectivity index (χ2v) is 7.37. The first-order valence-corrected chi connectivity index (χ1v) is 8.89. The fourth-order valence-corrected chi connectivity index (χ4v) is 3.74. The largest absolute Gasteiger partial charge is 0.381 e. The summed E-state index contributed by atoms with van der Waals surface area (Å²) >= 11 is 6.11. The molecule has 5 nitrogen and oxygen atoms in total. The Labute approximate surface area is 131 Å². The van der Waals surface area contributed by atoms with Crippen molar-refractivity contribution < 1.29 is 13.2 Å².